The van der Waals surface area contributed by atoms with Gasteiger partial charge >= 0.3 is 0 Å². The summed E-state index contributed by atoms with van der Waals surface area (Å²) in [5, 5.41) is 3.51. The van der Waals surface area contributed by atoms with E-state index in [0.717, 1.165) is 12.8 Å². The number of halogens is 2. The van der Waals surface area contributed by atoms with Crippen molar-refractivity contribution in [2.24, 2.45) is 5.92 Å². The van der Waals surface area contributed by atoms with E-state index in [9.17, 15) is 4.79 Å². The Bertz CT molecular complexity index is 393. The molecule has 4 heteroatoms. The number of hydrogen-bond donors (Lipinski definition) is 1. The first kappa shape index (κ1) is 15.5. The first-order valence-corrected chi connectivity index (χ1v) is 7.55. The van der Waals surface area contributed by atoms with Gasteiger partial charge in [0, 0.05) is 22.0 Å². The zero-order chi connectivity index (χ0) is 13.5. The monoisotopic (exact) mass is 331 g/mol. The maximum absolute atomic E-state index is 11.9. The summed E-state index contributed by atoms with van der Waals surface area (Å²) < 4.78 is 0. The van der Waals surface area contributed by atoms with Gasteiger partial charge in [-0.3, -0.25) is 4.79 Å². The van der Waals surface area contributed by atoms with Gasteiger partial charge in [0.25, 0.3) is 5.91 Å². The quantitative estimate of drug-likeness (QED) is 0.774. The van der Waals surface area contributed by atoms with Gasteiger partial charge in [-0.2, -0.15) is 0 Å². The number of carbonyl (C=O) groups is 1. The molecule has 2 nitrogen and oxygen atoms in total. The summed E-state index contributed by atoms with van der Waals surface area (Å²) in [5.74, 6) is 0.512. The lowest BCUT2D eigenvalue weighted by Crippen LogP contribution is -2.32. The van der Waals surface area contributed by atoms with E-state index in [2.05, 4.69) is 35.1 Å². The molecular weight excluding hydrogens is 314 g/mol. The zero-order valence-corrected chi connectivity index (χ0v) is 13.1. The summed E-state index contributed by atoms with van der Waals surface area (Å²) in [6.45, 7) is 4.97. The van der Waals surface area contributed by atoms with Gasteiger partial charge in [-0.15, -0.1) is 0 Å². The predicted molar refractivity (Wildman–Crippen MR) is 80.6 cm³/mol. The van der Waals surface area contributed by atoms with Crippen molar-refractivity contribution < 1.29 is 4.79 Å². The van der Waals surface area contributed by atoms with Gasteiger partial charge in [0.05, 0.1) is 0 Å². The minimum atomic E-state index is -0.0760. The molecule has 0 aromatic heterocycles. The topological polar surface area (TPSA) is 29.1 Å². The first-order valence-electron chi connectivity index (χ1n) is 6.26. The van der Waals surface area contributed by atoms with Gasteiger partial charge in [0.2, 0.25) is 0 Å². The van der Waals surface area contributed by atoms with Crippen LogP contribution < -0.4 is 5.32 Å². The predicted octanol–water partition coefficient (Wildman–Crippen LogP) is 4.27. The van der Waals surface area contributed by atoms with Gasteiger partial charge in [-0.05, 0) is 24.1 Å². The van der Waals surface area contributed by atoms with Gasteiger partial charge in [0.1, 0.15) is 0 Å². The van der Waals surface area contributed by atoms with Crippen molar-refractivity contribution in [1.82, 2.24) is 5.32 Å². The molecule has 0 fully saturated rings. The number of hydrogen-bond acceptors (Lipinski definition) is 1. The van der Waals surface area contributed by atoms with Gasteiger partial charge < -0.3 is 5.32 Å². The molecule has 0 radical (unpaired) electrons. The van der Waals surface area contributed by atoms with Crippen LogP contribution in [0.5, 0.6) is 0 Å². The van der Waals surface area contributed by atoms with Crippen LogP contribution in [0.25, 0.3) is 0 Å². The van der Waals surface area contributed by atoms with E-state index in [-0.39, 0.29) is 5.91 Å². The number of amides is 1. The van der Waals surface area contributed by atoms with Crippen LogP contribution in [0.15, 0.2) is 24.3 Å². The van der Waals surface area contributed by atoms with Gasteiger partial charge in [0.15, 0.2) is 0 Å². The number of nitrogens with one attached hydrogen (secondary N) is 1. The van der Waals surface area contributed by atoms with E-state index in [1.165, 1.54) is 0 Å². The molecule has 1 aromatic carbocycles. The Labute approximate surface area is 122 Å². The second kappa shape index (κ2) is 7.80. The highest BCUT2D eigenvalue weighted by Gasteiger charge is 2.16. The fourth-order valence-corrected chi connectivity index (χ4v) is 2.99. The highest BCUT2D eigenvalue weighted by Crippen LogP contribution is 2.19. The molecule has 0 saturated heterocycles. The maximum Gasteiger partial charge on any atom is 0.251 e. The summed E-state index contributed by atoms with van der Waals surface area (Å²) in [6.07, 6.45) is 2.22. The van der Waals surface area contributed by atoms with Crippen molar-refractivity contribution in [2.45, 2.75) is 31.5 Å². The van der Waals surface area contributed by atoms with Crippen LogP contribution in [-0.4, -0.2) is 17.3 Å². The second-order valence-electron chi connectivity index (χ2n) is 4.31. The summed E-state index contributed by atoms with van der Waals surface area (Å²) in [4.78, 5) is 12.2. The highest BCUT2D eigenvalue weighted by atomic mass is 79.9. The molecule has 0 spiro atoms. The first-order chi connectivity index (χ1) is 8.58. The molecule has 0 aliphatic heterocycles. The zero-order valence-electron chi connectivity index (χ0n) is 10.7. The van der Waals surface area contributed by atoms with E-state index in [4.69, 9.17) is 11.6 Å². The van der Waals surface area contributed by atoms with Crippen molar-refractivity contribution in [3.63, 3.8) is 0 Å². The van der Waals surface area contributed by atoms with Crippen molar-refractivity contribution in [1.29, 1.82) is 0 Å². The van der Waals surface area contributed by atoms with Crippen molar-refractivity contribution >= 4 is 33.4 Å². The van der Waals surface area contributed by atoms with Gasteiger partial charge in [-0.1, -0.05) is 60.3 Å². The summed E-state index contributed by atoms with van der Waals surface area (Å²) in [7, 11) is 0. The molecule has 1 atom stereocenters. The van der Waals surface area contributed by atoms with E-state index in [0.29, 0.717) is 27.9 Å². The number of benzene rings is 1. The third-order valence-corrected chi connectivity index (χ3v) is 4.41. The second-order valence-corrected chi connectivity index (χ2v) is 5.93. The van der Waals surface area contributed by atoms with E-state index in [1.54, 1.807) is 24.3 Å². The van der Waals surface area contributed by atoms with Crippen molar-refractivity contribution in [3.05, 3.63) is 34.9 Å². The van der Waals surface area contributed by atoms with E-state index in [1.807, 2.05) is 0 Å². The molecule has 0 bridgehead atoms. The Hall–Kier alpha value is -0.540. The molecule has 1 aromatic rings. The van der Waals surface area contributed by atoms with Crippen molar-refractivity contribution in [3.8, 4) is 0 Å². The molecule has 1 rings (SSSR count). The smallest absolute Gasteiger partial charge is 0.251 e. The lowest BCUT2D eigenvalue weighted by molar-refractivity contribution is 0.0952. The van der Waals surface area contributed by atoms with E-state index >= 15 is 0 Å². The fraction of sp³-hybridized carbons (Fsp3) is 0.500. The Morgan fingerprint density at radius 1 is 1.39 bits per heavy atom. The molecule has 100 valence electrons. The minimum absolute atomic E-state index is 0.0760. The summed E-state index contributed by atoms with van der Waals surface area (Å²) in [5.41, 5.74) is 0.603. The number of alkyl halides is 1. The molecule has 0 aliphatic carbocycles. The third kappa shape index (κ3) is 4.62. The van der Waals surface area contributed by atoms with Gasteiger partial charge in [-0.25, -0.2) is 0 Å². The molecule has 0 aliphatic rings. The molecule has 1 amide bonds. The van der Waals surface area contributed by atoms with Crippen LogP contribution in [-0.2, 0) is 0 Å². The third-order valence-electron chi connectivity index (χ3n) is 3.10. The lowest BCUT2D eigenvalue weighted by atomic mass is 9.99. The standard InChI is InChI=1S/C14H19BrClNO/c1-3-10(4-2)13(15)9-17-14(18)11-6-5-7-12(16)8-11/h5-8,10,13H,3-4,9H2,1-2H3,(H,17,18). The lowest BCUT2D eigenvalue weighted by Gasteiger charge is -2.19. The largest absolute Gasteiger partial charge is 0.351 e. The van der Waals surface area contributed by atoms with Crippen LogP contribution in [0.3, 0.4) is 0 Å². The van der Waals surface area contributed by atoms with Crippen LogP contribution in [0, 0.1) is 5.92 Å². The van der Waals surface area contributed by atoms with Crippen LogP contribution in [0.2, 0.25) is 5.02 Å². The molecular formula is C14H19BrClNO. The van der Waals surface area contributed by atoms with Crippen LogP contribution in [0.1, 0.15) is 37.0 Å². The Morgan fingerprint density at radius 2 is 2.06 bits per heavy atom. The number of rotatable bonds is 6. The normalized spacial score (nSPS) is 12.5. The van der Waals surface area contributed by atoms with Crippen molar-refractivity contribution in [2.75, 3.05) is 6.54 Å². The fourth-order valence-electron chi connectivity index (χ4n) is 1.89. The highest BCUT2D eigenvalue weighted by molar-refractivity contribution is 9.09. The molecule has 1 unspecified atom stereocenters. The minimum Gasteiger partial charge on any atom is -0.351 e. The maximum atomic E-state index is 11.9. The Morgan fingerprint density at radius 3 is 2.61 bits per heavy atom. The molecule has 1 N–H and O–H groups in total. The number of carbonyl (C=O) groups excluding carboxylic acids is 1. The average Bonchev–Trinajstić information content (AvgIpc) is 2.37. The summed E-state index contributed by atoms with van der Waals surface area (Å²) >= 11 is 9.50. The molecule has 0 saturated carbocycles. The Kier molecular flexibility index (Phi) is 6.72. The molecule has 0 heterocycles. The van der Waals surface area contributed by atoms with E-state index < -0.39 is 0 Å². The van der Waals surface area contributed by atoms with Crippen LogP contribution >= 0.6 is 27.5 Å². The Balaban J connectivity index is 2.51. The SMILES string of the molecule is CCC(CC)C(Br)CNC(=O)c1cccc(Cl)c1. The molecule has 18 heavy (non-hydrogen) atoms. The van der Waals surface area contributed by atoms with Crippen LogP contribution in [0.4, 0.5) is 0 Å². The summed E-state index contributed by atoms with van der Waals surface area (Å²) in [6, 6.07) is 6.98. The average molecular weight is 333 g/mol.